The Morgan fingerprint density at radius 2 is 1.47 bits per heavy atom. The van der Waals surface area contributed by atoms with E-state index in [9.17, 15) is 14.3 Å². The Balaban J connectivity index is 1.30. The average Bonchev–Trinajstić information content (AvgIpc) is 2.97. The number of esters is 1. The van der Waals surface area contributed by atoms with Crippen LogP contribution in [0.25, 0.3) is 10.8 Å². The van der Waals surface area contributed by atoms with Gasteiger partial charge in [0.25, 0.3) is 0 Å². The van der Waals surface area contributed by atoms with E-state index in [1.165, 1.54) is 54.0 Å². The van der Waals surface area contributed by atoms with Crippen molar-refractivity contribution in [1.82, 2.24) is 0 Å². The SMILES string of the molecule is C=C(CO)C(=O)OCC(CO)C1CCC(c2ccc3cc(C4CCC(CCCCF)CC4)ccc3c2)CC1. The number of hydrogen-bond donors (Lipinski definition) is 2. The molecular weight excluding hydrogens is 479 g/mol. The van der Waals surface area contributed by atoms with Crippen molar-refractivity contribution in [3.05, 3.63) is 59.7 Å². The number of halogens is 1. The second-order valence-electron chi connectivity index (χ2n) is 11.7. The van der Waals surface area contributed by atoms with Gasteiger partial charge in [-0.05, 0) is 103 Å². The van der Waals surface area contributed by atoms with Gasteiger partial charge in [-0.2, -0.15) is 0 Å². The maximum atomic E-state index is 12.4. The van der Waals surface area contributed by atoms with Crippen LogP contribution in [0.2, 0.25) is 0 Å². The van der Waals surface area contributed by atoms with Crippen molar-refractivity contribution >= 4 is 16.7 Å². The topological polar surface area (TPSA) is 66.8 Å². The van der Waals surface area contributed by atoms with Gasteiger partial charge in [-0.1, -0.05) is 55.8 Å². The molecule has 1 atom stereocenters. The van der Waals surface area contributed by atoms with E-state index in [1.807, 2.05) is 0 Å². The van der Waals surface area contributed by atoms with E-state index in [2.05, 4.69) is 43.0 Å². The van der Waals surface area contributed by atoms with Crippen molar-refractivity contribution in [2.45, 2.75) is 82.5 Å². The van der Waals surface area contributed by atoms with Crippen molar-refractivity contribution < 1.29 is 24.1 Å². The molecule has 2 aromatic carbocycles. The lowest BCUT2D eigenvalue weighted by Crippen LogP contribution is -2.29. The zero-order valence-electron chi connectivity index (χ0n) is 22.8. The van der Waals surface area contributed by atoms with Crippen LogP contribution in [0, 0.1) is 17.8 Å². The number of fused-ring (bicyclic) bond motifs is 1. The third-order valence-corrected chi connectivity index (χ3v) is 9.25. The van der Waals surface area contributed by atoms with Crippen molar-refractivity contribution in [3.63, 3.8) is 0 Å². The minimum Gasteiger partial charge on any atom is -0.462 e. The van der Waals surface area contributed by atoms with Gasteiger partial charge in [0.15, 0.2) is 0 Å². The van der Waals surface area contributed by atoms with Gasteiger partial charge >= 0.3 is 5.97 Å². The Morgan fingerprint density at radius 1 is 0.895 bits per heavy atom. The number of carbonyl (C=O) groups is 1. The maximum absolute atomic E-state index is 12.4. The van der Waals surface area contributed by atoms with Crippen LogP contribution in [0.3, 0.4) is 0 Å². The molecule has 0 spiro atoms. The quantitative estimate of drug-likeness (QED) is 0.175. The summed E-state index contributed by atoms with van der Waals surface area (Å²) < 4.78 is 17.7. The number of alkyl halides is 1. The van der Waals surface area contributed by atoms with Crippen LogP contribution in [0.4, 0.5) is 4.39 Å². The first-order chi connectivity index (χ1) is 18.5. The first kappa shape index (κ1) is 28.8. The van der Waals surface area contributed by atoms with Crippen LogP contribution in [0.5, 0.6) is 0 Å². The molecule has 2 fully saturated rings. The highest BCUT2D eigenvalue weighted by atomic mass is 19.1. The Morgan fingerprint density at radius 3 is 2.00 bits per heavy atom. The summed E-state index contributed by atoms with van der Waals surface area (Å²) in [6.07, 6.45) is 12.1. The van der Waals surface area contributed by atoms with Crippen LogP contribution >= 0.6 is 0 Å². The molecule has 5 heteroatoms. The fourth-order valence-electron chi connectivity index (χ4n) is 6.71. The maximum Gasteiger partial charge on any atom is 0.335 e. The predicted molar refractivity (Wildman–Crippen MR) is 151 cm³/mol. The van der Waals surface area contributed by atoms with Crippen LogP contribution in [-0.4, -0.2) is 42.7 Å². The minimum absolute atomic E-state index is 0.00663. The fraction of sp³-hybridized carbons (Fsp3) is 0.606. The molecule has 0 heterocycles. The number of aliphatic hydroxyl groups is 2. The average molecular weight is 525 g/mol. The van der Waals surface area contributed by atoms with E-state index in [1.54, 1.807) is 0 Å². The summed E-state index contributed by atoms with van der Waals surface area (Å²) in [5.74, 6) is 1.60. The van der Waals surface area contributed by atoms with Gasteiger partial charge < -0.3 is 14.9 Å². The molecule has 2 saturated carbocycles. The highest BCUT2D eigenvalue weighted by Crippen LogP contribution is 2.41. The number of unbranched alkanes of at least 4 members (excludes halogenated alkanes) is 1. The monoisotopic (exact) mass is 524 g/mol. The third kappa shape index (κ3) is 7.45. The molecule has 2 aliphatic rings. The summed E-state index contributed by atoms with van der Waals surface area (Å²) in [6, 6.07) is 14.0. The Hall–Kier alpha value is -2.24. The van der Waals surface area contributed by atoms with E-state index in [0.29, 0.717) is 17.8 Å². The first-order valence-electron chi connectivity index (χ1n) is 14.7. The molecule has 0 bridgehead atoms. The minimum atomic E-state index is -0.586. The molecule has 2 aromatic rings. The summed E-state index contributed by atoms with van der Waals surface area (Å²) in [4.78, 5) is 11.8. The number of hydrogen-bond acceptors (Lipinski definition) is 4. The fourth-order valence-corrected chi connectivity index (χ4v) is 6.71. The molecule has 38 heavy (non-hydrogen) atoms. The van der Waals surface area contributed by atoms with Gasteiger partial charge in [0, 0.05) is 12.5 Å². The van der Waals surface area contributed by atoms with Crippen molar-refractivity contribution in [2.75, 3.05) is 26.5 Å². The molecular formula is C33H45FO4. The lowest BCUT2D eigenvalue weighted by Gasteiger charge is -2.33. The van der Waals surface area contributed by atoms with Crippen LogP contribution in [-0.2, 0) is 9.53 Å². The van der Waals surface area contributed by atoms with Crippen molar-refractivity contribution in [3.8, 4) is 0 Å². The normalized spacial score (nSPS) is 24.7. The van der Waals surface area contributed by atoms with E-state index >= 15 is 0 Å². The van der Waals surface area contributed by atoms with E-state index in [0.717, 1.165) is 44.4 Å². The van der Waals surface area contributed by atoms with Crippen LogP contribution in [0.15, 0.2) is 48.6 Å². The second kappa shape index (κ2) is 14.2. The van der Waals surface area contributed by atoms with Crippen molar-refractivity contribution in [1.29, 1.82) is 0 Å². The van der Waals surface area contributed by atoms with E-state index in [-0.39, 0.29) is 31.4 Å². The summed E-state index contributed by atoms with van der Waals surface area (Å²) in [5, 5.41) is 21.5. The molecule has 2 aliphatic carbocycles. The standard InChI is InChI=1S/C33H45FO4/c1-23(20-35)33(37)38-22-32(21-36)27-11-9-26(10-12-27)29-14-16-30-18-28(13-15-31(30)19-29)25-7-5-24(6-8-25)4-2-3-17-34/h13-16,18-19,24-27,32,35-36H,1-12,17,20-22H2. The Labute approximate surface area is 227 Å². The van der Waals surface area contributed by atoms with Crippen LogP contribution in [0.1, 0.15) is 93.6 Å². The number of benzene rings is 2. The molecule has 0 aliphatic heterocycles. The molecule has 208 valence electrons. The van der Waals surface area contributed by atoms with Gasteiger partial charge in [0.2, 0.25) is 0 Å². The van der Waals surface area contributed by atoms with Gasteiger partial charge in [-0.25, -0.2) is 4.79 Å². The molecule has 4 rings (SSSR count). The van der Waals surface area contributed by atoms with Gasteiger partial charge in [-0.3, -0.25) is 4.39 Å². The summed E-state index contributed by atoms with van der Waals surface area (Å²) in [7, 11) is 0. The summed E-state index contributed by atoms with van der Waals surface area (Å²) in [6.45, 7) is 3.07. The zero-order valence-corrected chi connectivity index (χ0v) is 22.8. The van der Waals surface area contributed by atoms with Gasteiger partial charge in [-0.15, -0.1) is 0 Å². The second-order valence-corrected chi connectivity index (χ2v) is 11.7. The van der Waals surface area contributed by atoms with E-state index in [4.69, 9.17) is 9.84 Å². The molecule has 1 unspecified atom stereocenters. The highest BCUT2D eigenvalue weighted by Gasteiger charge is 2.29. The zero-order chi connectivity index (χ0) is 26.9. The molecule has 0 saturated heterocycles. The Kier molecular flexibility index (Phi) is 10.8. The molecule has 4 nitrogen and oxygen atoms in total. The summed E-state index contributed by atoms with van der Waals surface area (Å²) >= 11 is 0. The highest BCUT2D eigenvalue weighted by molar-refractivity contribution is 5.87. The number of ether oxygens (including phenoxy) is 1. The van der Waals surface area contributed by atoms with E-state index < -0.39 is 12.6 Å². The van der Waals surface area contributed by atoms with Gasteiger partial charge in [0.1, 0.15) is 0 Å². The smallest absolute Gasteiger partial charge is 0.335 e. The molecule has 2 N–H and O–H groups in total. The number of carbonyl (C=O) groups excluding carboxylic acids is 1. The molecule has 0 amide bonds. The van der Waals surface area contributed by atoms with Crippen molar-refractivity contribution in [2.24, 2.45) is 17.8 Å². The Bertz CT molecular complexity index is 1050. The largest absolute Gasteiger partial charge is 0.462 e. The number of aliphatic hydroxyl groups excluding tert-OH is 2. The van der Waals surface area contributed by atoms with Gasteiger partial charge in [0.05, 0.1) is 25.5 Å². The van der Waals surface area contributed by atoms with Crippen LogP contribution < -0.4 is 0 Å². The predicted octanol–water partition coefficient (Wildman–Crippen LogP) is 7.23. The third-order valence-electron chi connectivity index (χ3n) is 9.25. The number of rotatable bonds is 12. The lowest BCUT2D eigenvalue weighted by molar-refractivity contribution is -0.142. The first-order valence-corrected chi connectivity index (χ1v) is 14.7. The molecule has 0 radical (unpaired) electrons. The molecule has 0 aromatic heterocycles. The summed E-state index contributed by atoms with van der Waals surface area (Å²) in [5.41, 5.74) is 2.90. The lowest BCUT2D eigenvalue weighted by atomic mass is 9.74.